The minimum Gasteiger partial charge on any atom is -0.370 e. The van der Waals surface area contributed by atoms with Gasteiger partial charge in [0.2, 0.25) is 5.91 Å². The highest BCUT2D eigenvalue weighted by Crippen LogP contribution is 2.33. The van der Waals surface area contributed by atoms with Gasteiger partial charge in [0.05, 0.1) is 6.61 Å². The third-order valence-electron chi connectivity index (χ3n) is 3.86. The monoisotopic (exact) mass is 256 g/mol. The van der Waals surface area contributed by atoms with Gasteiger partial charge < -0.3 is 15.8 Å². The summed E-state index contributed by atoms with van der Waals surface area (Å²) in [6.45, 7) is 7.79. The fraction of sp³-hybridized carbons (Fsp3) is 0.929. The van der Waals surface area contributed by atoms with E-state index in [2.05, 4.69) is 26.1 Å². The summed E-state index contributed by atoms with van der Waals surface area (Å²) in [5, 5.41) is 3.13. The lowest BCUT2D eigenvalue weighted by molar-refractivity contribution is -0.127. The molecule has 1 rings (SSSR count). The number of hydrogen-bond acceptors (Lipinski definition) is 3. The molecule has 1 aliphatic rings. The standard InChI is InChI=1S/C14H28N2O2/c1-10(2)12-5-4-11(3)8-13(12)16-14(17)9-18-7-6-15/h10-13H,4-9,15H2,1-3H3,(H,16,17). The molecule has 0 saturated heterocycles. The van der Waals surface area contributed by atoms with Gasteiger partial charge in [-0.2, -0.15) is 0 Å². The van der Waals surface area contributed by atoms with Gasteiger partial charge in [-0.05, 0) is 30.6 Å². The molecule has 1 aliphatic carbocycles. The van der Waals surface area contributed by atoms with Gasteiger partial charge in [-0.3, -0.25) is 4.79 Å². The Labute approximate surface area is 111 Å². The summed E-state index contributed by atoms with van der Waals surface area (Å²) in [5.74, 6) is 1.91. The summed E-state index contributed by atoms with van der Waals surface area (Å²) < 4.78 is 5.17. The van der Waals surface area contributed by atoms with E-state index in [9.17, 15) is 4.79 Å². The highest BCUT2D eigenvalue weighted by atomic mass is 16.5. The fourth-order valence-electron chi connectivity index (χ4n) is 2.86. The van der Waals surface area contributed by atoms with E-state index in [0.717, 1.165) is 6.42 Å². The first-order chi connectivity index (χ1) is 8.54. The molecule has 0 spiro atoms. The van der Waals surface area contributed by atoms with Crippen molar-refractivity contribution in [1.82, 2.24) is 5.32 Å². The fourth-order valence-corrected chi connectivity index (χ4v) is 2.86. The number of carbonyl (C=O) groups is 1. The predicted molar refractivity (Wildman–Crippen MR) is 73.1 cm³/mol. The summed E-state index contributed by atoms with van der Waals surface area (Å²) in [7, 11) is 0. The molecule has 0 aromatic heterocycles. The first-order valence-electron chi connectivity index (χ1n) is 7.11. The molecule has 3 atom stereocenters. The van der Waals surface area contributed by atoms with Crippen molar-refractivity contribution in [3.63, 3.8) is 0 Å². The molecule has 3 N–H and O–H groups in total. The van der Waals surface area contributed by atoms with Crippen LogP contribution in [0.1, 0.15) is 40.0 Å². The Kier molecular flexibility index (Phi) is 6.65. The lowest BCUT2D eigenvalue weighted by Crippen LogP contribution is -2.46. The molecule has 106 valence electrons. The van der Waals surface area contributed by atoms with E-state index in [1.54, 1.807) is 0 Å². The van der Waals surface area contributed by atoms with Gasteiger partial charge in [0.25, 0.3) is 0 Å². The second kappa shape index (κ2) is 7.74. The van der Waals surface area contributed by atoms with Crippen molar-refractivity contribution >= 4 is 5.91 Å². The van der Waals surface area contributed by atoms with Crippen molar-refractivity contribution in [3.8, 4) is 0 Å². The zero-order valence-corrected chi connectivity index (χ0v) is 11.9. The minimum atomic E-state index is -0.00630. The van der Waals surface area contributed by atoms with Gasteiger partial charge in [0.1, 0.15) is 6.61 Å². The van der Waals surface area contributed by atoms with Crippen molar-refractivity contribution in [1.29, 1.82) is 0 Å². The van der Waals surface area contributed by atoms with Crippen LogP contribution in [0.5, 0.6) is 0 Å². The lowest BCUT2D eigenvalue weighted by atomic mass is 9.74. The summed E-state index contributed by atoms with van der Waals surface area (Å²) >= 11 is 0. The van der Waals surface area contributed by atoms with E-state index in [4.69, 9.17) is 10.5 Å². The van der Waals surface area contributed by atoms with Crippen LogP contribution in [-0.2, 0) is 9.53 Å². The molecule has 1 saturated carbocycles. The third-order valence-corrected chi connectivity index (χ3v) is 3.86. The Hall–Kier alpha value is -0.610. The molecule has 0 aliphatic heterocycles. The summed E-state index contributed by atoms with van der Waals surface area (Å²) in [6.07, 6.45) is 3.58. The number of ether oxygens (including phenoxy) is 1. The number of nitrogens with one attached hydrogen (secondary N) is 1. The maximum Gasteiger partial charge on any atom is 0.246 e. The number of nitrogens with two attached hydrogens (primary N) is 1. The number of carbonyl (C=O) groups excluding carboxylic acids is 1. The van der Waals surface area contributed by atoms with Crippen LogP contribution in [0.4, 0.5) is 0 Å². The second-order valence-corrected chi connectivity index (χ2v) is 5.84. The molecule has 0 bridgehead atoms. The van der Waals surface area contributed by atoms with E-state index in [1.807, 2.05) is 0 Å². The van der Waals surface area contributed by atoms with Crippen molar-refractivity contribution in [2.75, 3.05) is 19.8 Å². The topological polar surface area (TPSA) is 64.3 Å². The Bertz CT molecular complexity index is 256. The summed E-state index contributed by atoms with van der Waals surface area (Å²) in [5.41, 5.74) is 5.32. The third kappa shape index (κ3) is 4.94. The molecule has 0 aromatic rings. The normalized spacial score (nSPS) is 28.4. The molecule has 4 heteroatoms. The molecular weight excluding hydrogens is 228 g/mol. The number of amides is 1. The van der Waals surface area contributed by atoms with E-state index in [1.165, 1.54) is 12.8 Å². The largest absolute Gasteiger partial charge is 0.370 e. The maximum absolute atomic E-state index is 11.8. The molecule has 18 heavy (non-hydrogen) atoms. The summed E-state index contributed by atoms with van der Waals surface area (Å²) in [4.78, 5) is 11.8. The number of hydrogen-bond donors (Lipinski definition) is 2. The van der Waals surface area contributed by atoms with Gasteiger partial charge >= 0.3 is 0 Å². The quantitative estimate of drug-likeness (QED) is 0.709. The first kappa shape index (κ1) is 15.4. The van der Waals surface area contributed by atoms with E-state index < -0.39 is 0 Å². The maximum atomic E-state index is 11.8. The van der Waals surface area contributed by atoms with Gasteiger partial charge in [-0.1, -0.05) is 27.2 Å². The van der Waals surface area contributed by atoms with Gasteiger partial charge in [-0.15, -0.1) is 0 Å². The zero-order chi connectivity index (χ0) is 13.5. The molecule has 4 nitrogen and oxygen atoms in total. The molecule has 1 amide bonds. The van der Waals surface area contributed by atoms with Crippen molar-refractivity contribution in [2.45, 2.75) is 46.1 Å². The smallest absolute Gasteiger partial charge is 0.246 e. The average molecular weight is 256 g/mol. The van der Waals surface area contributed by atoms with Crippen LogP contribution in [0.15, 0.2) is 0 Å². The minimum absolute atomic E-state index is 0.00630. The van der Waals surface area contributed by atoms with Crippen molar-refractivity contribution in [3.05, 3.63) is 0 Å². The van der Waals surface area contributed by atoms with Gasteiger partial charge in [-0.25, -0.2) is 0 Å². The van der Waals surface area contributed by atoms with E-state index >= 15 is 0 Å². The molecule has 0 aromatic carbocycles. The van der Waals surface area contributed by atoms with E-state index in [-0.39, 0.29) is 12.5 Å². The molecule has 3 unspecified atom stereocenters. The van der Waals surface area contributed by atoms with Crippen LogP contribution >= 0.6 is 0 Å². The lowest BCUT2D eigenvalue weighted by Gasteiger charge is -2.37. The molecular formula is C14H28N2O2. The predicted octanol–water partition coefficient (Wildman–Crippen LogP) is 1.54. The van der Waals surface area contributed by atoms with Crippen LogP contribution in [0.2, 0.25) is 0 Å². The molecule has 0 radical (unpaired) electrons. The zero-order valence-electron chi connectivity index (χ0n) is 11.9. The average Bonchev–Trinajstić information content (AvgIpc) is 2.29. The van der Waals surface area contributed by atoms with Crippen LogP contribution in [0, 0.1) is 17.8 Å². The first-order valence-corrected chi connectivity index (χ1v) is 7.11. The van der Waals surface area contributed by atoms with Crippen LogP contribution < -0.4 is 11.1 Å². The Morgan fingerprint density at radius 2 is 2.17 bits per heavy atom. The molecule has 0 heterocycles. The van der Waals surface area contributed by atoms with Gasteiger partial charge in [0.15, 0.2) is 0 Å². The Morgan fingerprint density at radius 1 is 1.44 bits per heavy atom. The van der Waals surface area contributed by atoms with Gasteiger partial charge in [0, 0.05) is 12.6 Å². The second-order valence-electron chi connectivity index (χ2n) is 5.84. The highest BCUT2D eigenvalue weighted by molar-refractivity contribution is 5.77. The highest BCUT2D eigenvalue weighted by Gasteiger charge is 2.31. The summed E-state index contributed by atoms with van der Waals surface area (Å²) in [6, 6.07) is 0.308. The van der Waals surface area contributed by atoms with Crippen molar-refractivity contribution in [2.24, 2.45) is 23.5 Å². The Balaban J connectivity index is 2.42. The molecule has 1 fully saturated rings. The van der Waals surface area contributed by atoms with Crippen molar-refractivity contribution < 1.29 is 9.53 Å². The van der Waals surface area contributed by atoms with Crippen LogP contribution in [0.3, 0.4) is 0 Å². The SMILES string of the molecule is CC1CCC(C(C)C)C(NC(=O)COCCN)C1. The van der Waals surface area contributed by atoms with Crippen LogP contribution in [-0.4, -0.2) is 31.7 Å². The van der Waals surface area contributed by atoms with E-state index in [0.29, 0.717) is 36.9 Å². The Morgan fingerprint density at radius 3 is 2.78 bits per heavy atom. The van der Waals surface area contributed by atoms with Crippen LogP contribution in [0.25, 0.3) is 0 Å². The number of rotatable bonds is 6.